The van der Waals surface area contributed by atoms with Crippen molar-refractivity contribution in [3.63, 3.8) is 0 Å². The van der Waals surface area contributed by atoms with Crippen LogP contribution in [0.2, 0.25) is 0 Å². The van der Waals surface area contributed by atoms with E-state index < -0.39 is 17.8 Å². The third kappa shape index (κ3) is 7.71. The number of methoxy groups -OCH3 is 1. The summed E-state index contributed by atoms with van der Waals surface area (Å²) in [6.45, 7) is 0. The van der Waals surface area contributed by atoms with Crippen LogP contribution in [0.15, 0.2) is 112 Å². The third-order valence-corrected chi connectivity index (χ3v) is 6.46. The van der Waals surface area contributed by atoms with Crippen LogP contribution in [0.25, 0.3) is 6.08 Å². The Hall–Kier alpha value is -5.09. The molecule has 4 aromatic rings. The first-order valence-electron chi connectivity index (χ1n) is 12.1. The number of amides is 3. The van der Waals surface area contributed by atoms with Crippen LogP contribution in [-0.4, -0.2) is 36.6 Å². The number of hydrogen-bond donors (Lipinski definition) is 3. The number of furan rings is 1. The van der Waals surface area contributed by atoms with Gasteiger partial charge >= 0.3 is 5.97 Å². The number of hydrogen-bond acceptors (Lipinski definition) is 7. The average molecular weight is 556 g/mol. The molecular formula is C30H25N3O6S. The van der Waals surface area contributed by atoms with Crippen LogP contribution in [0.1, 0.15) is 26.5 Å². The molecule has 4 rings (SSSR count). The van der Waals surface area contributed by atoms with Crippen LogP contribution in [-0.2, 0) is 14.3 Å². The molecule has 0 unspecified atom stereocenters. The van der Waals surface area contributed by atoms with Crippen molar-refractivity contribution >= 4 is 52.9 Å². The van der Waals surface area contributed by atoms with E-state index in [4.69, 9.17) is 9.15 Å². The minimum atomic E-state index is -0.539. The zero-order valence-electron chi connectivity index (χ0n) is 21.4. The fraction of sp³-hybridized carbons (Fsp3) is 0.0667. The van der Waals surface area contributed by atoms with E-state index in [-0.39, 0.29) is 22.9 Å². The van der Waals surface area contributed by atoms with E-state index >= 15 is 0 Å². The molecule has 3 aromatic carbocycles. The lowest BCUT2D eigenvalue weighted by atomic mass is 10.2. The first-order chi connectivity index (χ1) is 19.4. The molecule has 0 saturated carbocycles. The zero-order valence-corrected chi connectivity index (χ0v) is 22.2. The SMILES string of the molecule is COC(=O)c1ccccc1NC(=O)CSc1ccc(NC(=O)/C(=C/c2ccco2)NC(=O)c2ccccc2)cc1. The minimum absolute atomic E-state index is 0.00571. The number of carbonyl (C=O) groups is 4. The predicted octanol–water partition coefficient (Wildman–Crippen LogP) is 5.21. The lowest BCUT2D eigenvalue weighted by molar-refractivity contribution is -0.114. The number of para-hydroxylation sites is 1. The van der Waals surface area contributed by atoms with E-state index in [0.29, 0.717) is 22.7 Å². The van der Waals surface area contributed by atoms with Crippen LogP contribution in [0.4, 0.5) is 11.4 Å². The van der Waals surface area contributed by atoms with E-state index in [0.717, 1.165) is 4.90 Å². The number of carbonyl (C=O) groups excluding carboxylic acids is 4. The van der Waals surface area contributed by atoms with Gasteiger partial charge in [0.1, 0.15) is 11.5 Å². The Morgan fingerprint density at radius 3 is 2.27 bits per heavy atom. The van der Waals surface area contributed by atoms with Gasteiger partial charge in [0.25, 0.3) is 11.8 Å². The molecule has 0 fully saturated rings. The summed E-state index contributed by atoms with van der Waals surface area (Å²) in [5.74, 6) is -1.30. The van der Waals surface area contributed by atoms with E-state index in [2.05, 4.69) is 16.0 Å². The van der Waals surface area contributed by atoms with Crippen LogP contribution >= 0.6 is 11.8 Å². The number of nitrogens with one attached hydrogen (secondary N) is 3. The van der Waals surface area contributed by atoms with Crippen molar-refractivity contribution in [2.75, 3.05) is 23.5 Å². The van der Waals surface area contributed by atoms with E-state index in [1.165, 1.54) is 31.2 Å². The van der Waals surface area contributed by atoms with Crippen LogP contribution in [0.3, 0.4) is 0 Å². The quantitative estimate of drug-likeness (QED) is 0.139. The van der Waals surface area contributed by atoms with Gasteiger partial charge in [-0.15, -0.1) is 11.8 Å². The van der Waals surface area contributed by atoms with Crippen molar-refractivity contribution in [3.05, 3.63) is 120 Å². The van der Waals surface area contributed by atoms with Crippen molar-refractivity contribution in [1.82, 2.24) is 5.32 Å². The maximum Gasteiger partial charge on any atom is 0.339 e. The highest BCUT2D eigenvalue weighted by molar-refractivity contribution is 8.00. The number of anilines is 2. The van der Waals surface area contributed by atoms with Crippen molar-refractivity contribution in [3.8, 4) is 0 Å². The summed E-state index contributed by atoms with van der Waals surface area (Å²) >= 11 is 1.29. The van der Waals surface area contributed by atoms with Gasteiger partial charge in [0.2, 0.25) is 5.91 Å². The Balaban J connectivity index is 1.36. The highest BCUT2D eigenvalue weighted by atomic mass is 32.2. The van der Waals surface area contributed by atoms with Gasteiger partial charge in [0.15, 0.2) is 0 Å². The molecule has 9 nitrogen and oxygen atoms in total. The average Bonchev–Trinajstić information content (AvgIpc) is 3.50. The Labute approximate surface area is 234 Å². The van der Waals surface area contributed by atoms with Gasteiger partial charge in [-0.25, -0.2) is 4.79 Å². The first kappa shape index (κ1) is 27.9. The van der Waals surface area contributed by atoms with Gasteiger partial charge in [-0.2, -0.15) is 0 Å². The number of rotatable bonds is 10. The Kier molecular flexibility index (Phi) is 9.52. The number of thioether (sulfide) groups is 1. The highest BCUT2D eigenvalue weighted by Crippen LogP contribution is 2.22. The molecule has 0 aliphatic rings. The molecule has 0 saturated heterocycles. The number of ether oxygens (including phenoxy) is 1. The van der Waals surface area contributed by atoms with Crippen LogP contribution in [0, 0.1) is 0 Å². The molecule has 0 spiro atoms. The summed E-state index contributed by atoms with van der Waals surface area (Å²) in [5.41, 5.74) is 1.54. The summed E-state index contributed by atoms with van der Waals surface area (Å²) in [7, 11) is 1.28. The second kappa shape index (κ2) is 13.6. The normalized spacial score (nSPS) is 10.9. The smallest absolute Gasteiger partial charge is 0.339 e. The van der Waals surface area contributed by atoms with Crippen molar-refractivity contribution < 1.29 is 28.3 Å². The summed E-state index contributed by atoms with van der Waals surface area (Å²) in [4.78, 5) is 50.9. The van der Waals surface area contributed by atoms with Gasteiger partial charge in [-0.3, -0.25) is 14.4 Å². The predicted molar refractivity (Wildman–Crippen MR) is 153 cm³/mol. The van der Waals surface area contributed by atoms with Crippen molar-refractivity contribution in [2.24, 2.45) is 0 Å². The lowest BCUT2D eigenvalue weighted by Gasteiger charge is -2.11. The van der Waals surface area contributed by atoms with E-state index in [1.807, 2.05) is 0 Å². The Morgan fingerprint density at radius 1 is 0.850 bits per heavy atom. The Morgan fingerprint density at radius 2 is 1.57 bits per heavy atom. The van der Waals surface area contributed by atoms with Gasteiger partial charge < -0.3 is 25.1 Å². The monoisotopic (exact) mass is 555 g/mol. The Bertz CT molecular complexity index is 1520. The molecule has 3 amide bonds. The summed E-state index contributed by atoms with van der Waals surface area (Å²) in [6.07, 6.45) is 2.91. The summed E-state index contributed by atoms with van der Waals surface area (Å²) in [6, 6.07) is 25.4. The van der Waals surface area contributed by atoms with Crippen molar-refractivity contribution in [2.45, 2.75) is 4.90 Å². The molecule has 40 heavy (non-hydrogen) atoms. The second-order valence-corrected chi connectivity index (χ2v) is 9.29. The molecule has 0 aliphatic carbocycles. The van der Waals surface area contributed by atoms with E-state index in [1.54, 1.807) is 91.0 Å². The molecule has 3 N–H and O–H groups in total. The van der Waals surface area contributed by atoms with Gasteiger partial charge in [-0.05, 0) is 60.7 Å². The fourth-order valence-electron chi connectivity index (χ4n) is 3.51. The maximum atomic E-state index is 13.0. The van der Waals surface area contributed by atoms with Gasteiger partial charge in [-0.1, -0.05) is 30.3 Å². The lowest BCUT2D eigenvalue weighted by Crippen LogP contribution is -2.30. The minimum Gasteiger partial charge on any atom is -0.465 e. The number of esters is 1. The summed E-state index contributed by atoms with van der Waals surface area (Å²) < 4.78 is 10.1. The van der Waals surface area contributed by atoms with Gasteiger partial charge in [0, 0.05) is 22.2 Å². The molecule has 0 radical (unpaired) electrons. The molecule has 1 heterocycles. The summed E-state index contributed by atoms with van der Waals surface area (Å²) in [5, 5.41) is 8.13. The highest BCUT2D eigenvalue weighted by Gasteiger charge is 2.16. The zero-order chi connectivity index (χ0) is 28.3. The standard InChI is InChI=1S/C30H25N3O6S/c1-38-30(37)24-11-5-6-12-25(24)32-27(34)19-40-23-15-13-21(14-16-23)31-29(36)26(18-22-10-7-17-39-22)33-28(35)20-8-3-2-4-9-20/h2-18H,19H2,1H3,(H,31,36)(H,32,34)(H,33,35)/b26-18-. The molecule has 0 atom stereocenters. The molecule has 202 valence electrons. The van der Waals surface area contributed by atoms with E-state index in [9.17, 15) is 19.2 Å². The van der Waals surface area contributed by atoms with Crippen molar-refractivity contribution in [1.29, 1.82) is 0 Å². The molecule has 0 aliphatic heterocycles. The molecular weight excluding hydrogens is 530 g/mol. The largest absolute Gasteiger partial charge is 0.465 e. The molecule has 10 heteroatoms. The fourth-order valence-corrected chi connectivity index (χ4v) is 4.20. The maximum absolute atomic E-state index is 13.0. The van der Waals surface area contributed by atoms with Crippen LogP contribution in [0.5, 0.6) is 0 Å². The first-order valence-corrected chi connectivity index (χ1v) is 13.0. The van der Waals surface area contributed by atoms with Gasteiger partial charge in [0.05, 0.1) is 30.4 Å². The second-order valence-electron chi connectivity index (χ2n) is 8.25. The number of benzene rings is 3. The molecule has 0 bridgehead atoms. The van der Waals surface area contributed by atoms with Crippen LogP contribution < -0.4 is 16.0 Å². The third-order valence-electron chi connectivity index (χ3n) is 5.45. The topological polar surface area (TPSA) is 127 Å². The molecule has 1 aromatic heterocycles.